The lowest BCUT2D eigenvalue weighted by Gasteiger charge is -2.24. The molecule has 19 heavy (non-hydrogen) atoms. The van der Waals surface area contributed by atoms with Gasteiger partial charge in [0.05, 0.1) is 11.0 Å². The molecule has 0 bridgehead atoms. The van der Waals surface area contributed by atoms with E-state index in [1.54, 1.807) is 0 Å². The van der Waals surface area contributed by atoms with E-state index in [9.17, 15) is 0 Å². The molecular formula is C16H23N3. The molecule has 0 amide bonds. The quantitative estimate of drug-likeness (QED) is 0.910. The monoisotopic (exact) mass is 257 g/mol. The molecule has 0 radical (unpaired) electrons. The van der Waals surface area contributed by atoms with Crippen LogP contribution in [0.5, 0.6) is 0 Å². The predicted molar refractivity (Wildman–Crippen MR) is 79.3 cm³/mol. The van der Waals surface area contributed by atoms with Gasteiger partial charge in [0.1, 0.15) is 5.82 Å². The summed E-state index contributed by atoms with van der Waals surface area (Å²) in [6.07, 6.45) is 3.97. The summed E-state index contributed by atoms with van der Waals surface area (Å²) in [5, 5.41) is 3.46. The van der Waals surface area contributed by atoms with Crippen molar-refractivity contribution in [2.45, 2.75) is 51.6 Å². The molecule has 0 spiro atoms. The minimum absolute atomic E-state index is 0.518. The molecular weight excluding hydrogens is 234 g/mol. The predicted octanol–water partition coefficient (Wildman–Crippen LogP) is 3.34. The molecule has 1 saturated carbocycles. The van der Waals surface area contributed by atoms with Gasteiger partial charge in [0, 0.05) is 25.6 Å². The maximum atomic E-state index is 4.86. The van der Waals surface area contributed by atoms with Crippen LogP contribution in [-0.2, 0) is 13.6 Å². The van der Waals surface area contributed by atoms with Gasteiger partial charge in [-0.25, -0.2) is 4.98 Å². The summed E-state index contributed by atoms with van der Waals surface area (Å²) >= 11 is 0. The fourth-order valence-electron chi connectivity index (χ4n) is 2.73. The average molecular weight is 257 g/mol. The van der Waals surface area contributed by atoms with E-state index >= 15 is 0 Å². The maximum Gasteiger partial charge on any atom is 0.112 e. The molecule has 2 aromatic rings. The molecule has 0 saturated heterocycles. The number of aromatic nitrogens is 2. The van der Waals surface area contributed by atoms with Gasteiger partial charge in [0.15, 0.2) is 0 Å². The van der Waals surface area contributed by atoms with Gasteiger partial charge in [0.2, 0.25) is 0 Å². The van der Waals surface area contributed by atoms with E-state index in [1.165, 1.54) is 36.2 Å². The molecule has 3 rings (SSSR count). The van der Waals surface area contributed by atoms with Crippen molar-refractivity contribution in [1.29, 1.82) is 0 Å². The second-order valence-electron chi connectivity index (χ2n) is 6.02. The molecule has 3 heteroatoms. The van der Waals surface area contributed by atoms with E-state index in [4.69, 9.17) is 4.98 Å². The van der Waals surface area contributed by atoms with Crippen molar-refractivity contribution in [2.24, 2.45) is 7.05 Å². The number of fused-ring (bicyclic) bond motifs is 1. The molecule has 1 fully saturated rings. The summed E-state index contributed by atoms with van der Waals surface area (Å²) in [6, 6.07) is 7.17. The lowest BCUT2D eigenvalue weighted by atomic mass is 9.85. The van der Waals surface area contributed by atoms with E-state index in [0.717, 1.165) is 12.1 Å². The van der Waals surface area contributed by atoms with Gasteiger partial charge in [0.25, 0.3) is 0 Å². The molecule has 1 aromatic heterocycles. The molecule has 1 N–H and O–H groups in total. The number of hydrogen-bond donors (Lipinski definition) is 1. The first-order valence-electron chi connectivity index (χ1n) is 7.34. The fraction of sp³-hybridized carbons (Fsp3) is 0.562. The number of benzene rings is 1. The Morgan fingerprint density at radius 2 is 2.16 bits per heavy atom. The van der Waals surface area contributed by atoms with Gasteiger partial charge in [-0.05, 0) is 30.5 Å². The third-order valence-electron chi connectivity index (χ3n) is 4.16. The molecule has 102 valence electrons. The normalized spacial score (nSPS) is 16.2. The Morgan fingerprint density at radius 3 is 2.79 bits per heavy atom. The van der Waals surface area contributed by atoms with Gasteiger partial charge < -0.3 is 9.88 Å². The van der Waals surface area contributed by atoms with Crippen LogP contribution in [0.1, 0.15) is 50.4 Å². The SMILES string of the molecule is CC(C)NCc1ccc2c(c1)nc(C1CCC1)n2C. The van der Waals surface area contributed by atoms with E-state index in [1.807, 2.05) is 0 Å². The summed E-state index contributed by atoms with van der Waals surface area (Å²) < 4.78 is 2.28. The first kappa shape index (κ1) is 12.7. The van der Waals surface area contributed by atoms with Crippen LogP contribution in [0.4, 0.5) is 0 Å². The molecule has 1 aliphatic rings. The van der Waals surface area contributed by atoms with Crippen molar-refractivity contribution in [3.05, 3.63) is 29.6 Å². The number of nitrogens with one attached hydrogen (secondary N) is 1. The number of imidazole rings is 1. The minimum Gasteiger partial charge on any atom is -0.331 e. The van der Waals surface area contributed by atoms with Crippen LogP contribution in [0.25, 0.3) is 11.0 Å². The maximum absolute atomic E-state index is 4.86. The van der Waals surface area contributed by atoms with E-state index in [-0.39, 0.29) is 0 Å². The molecule has 0 unspecified atom stereocenters. The lowest BCUT2D eigenvalue weighted by molar-refractivity contribution is 0.395. The first-order valence-corrected chi connectivity index (χ1v) is 7.34. The van der Waals surface area contributed by atoms with Gasteiger partial charge in [-0.2, -0.15) is 0 Å². The van der Waals surface area contributed by atoms with Gasteiger partial charge in [-0.1, -0.05) is 26.3 Å². The van der Waals surface area contributed by atoms with Crippen LogP contribution < -0.4 is 5.32 Å². The Morgan fingerprint density at radius 1 is 1.37 bits per heavy atom. The van der Waals surface area contributed by atoms with Crippen LogP contribution in [-0.4, -0.2) is 15.6 Å². The van der Waals surface area contributed by atoms with Crippen molar-refractivity contribution < 1.29 is 0 Å². The van der Waals surface area contributed by atoms with E-state index in [0.29, 0.717) is 12.0 Å². The Kier molecular flexibility index (Phi) is 3.31. The third kappa shape index (κ3) is 2.39. The standard InChI is InChI=1S/C16H23N3/c1-11(2)17-10-12-7-8-15-14(9-12)18-16(19(15)3)13-5-4-6-13/h7-9,11,13,17H,4-6,10H2,1-3H3. The van der Waals surface area contributed by atoms with Gasteiger partial charge in [-0.15, -0.1) is 0 Å². The summed E-state index contributed by atoms with van der Waals surface area (Å²) in [7, 11) is 2.15. The highest BCUT2D eigenvalue weighted by molar-refractivity contribution is 5.77. The fourth-order valence-corrected chi connectivity index (χ4v) is 2.73. The van der Waals surface area contributed by atoms with Crippen LogP contribution in [0.3, 0.4) is 0 Å². The van der Waals surface area contributed by atoms with Gasteiger partial charge >= 0.3 is 0 Å². The van der Waals surface area contributed by atoms with Crippen molar-refractivity contribution in [3.8, 4) is 0 Å². The lowest BCUT2D eigenvalue weighted by Crippen LogP contribution is -2.21. The molecule has 1 heterocycles. The highest BCUT2D eigenvalue weighted by Crippen LogP contribution is 2.36. The van der Waals surface area contributed by atoms with Gasteiger partial charge in [-0.3, -0.25) is 0 Å². The smallest absolute Gasteiger partial charge is 0.112 e. The van der Waals surface area contributed by atoms with Crippen LogP contribution >= 0.6 is 0 Å². The number of aryl methyl sites for hydroxylation is 1. The van der Waals surface area contributed by atoms with Crippen molar-refractivity contribution in [2.75, 3.05) is 0 Å². The zero-order valence-electron chi connectivity index (χ0n) is 12.1. The molecule has 1 aliphatic carbocycles. The summed E-state index contributed by atoms with van der Waals surface area (Å²) in [6.45, 7) is 5.27. The highest BCUT2D eigenvalue weighted by atomic mass is 15.1. The highest BCUT2D eigenvalue weighted by Gasteiger charge is 2.24. The number of rotatable bonds is 4. The van der Waals surface area contributed by atoms with E-state index < -0.39 is 0 Å². The molecule has 0 aliphatic heterocycles. The van der Waals surface area contributed by atoms with Crippen LogP contribution in [0.2, 0.25) is 0 Å². The topological polar surface area (TPSA) is 29.9 Å². The molecule has 1 aromatic carbocycles. The third-order valence-corrected chi connectivity index (χ3v) is 4.16. The number of hydrogen-bond acceptors (Lipinski definition) is 2. The first-order chi connectivity index (χ1) is 9.15. The van der Waals surface area contributed by atoms with Crippen LogP contribution in [0.15, 0.2) is 18.2 Å². The Bertz CT molecular complexity index is 579. The van der Waals surface area contributed by atoms with Crippen LogP contribution in [0, 0.1) is 0 Å². The number of nitrogens with zero attached hydrogens (tertiary/aromatic N) is 2. The summed E-state index contributed by atoms with van der Waals surface area (Å²) in [5.74, 6) is 1.96. The minimum atomic E-state index is 0.518. The second kappa shape index (κ2) is 4.97. The van der Waals surface area contributed by atoms with E-state index in [2.05, 4.69) is 49.0 Å². The molecule has 0 atom stereocenters. The molecule has 3 nitrogen and oxygen atoms in total. The average Bonchev–Trinajstić information content (AvgIpc) is 2.62. The summed E-state index contributed by atoms with van der Waals surface area (Å²) in [4.78, 5) is 4.86. The van der Waals surface area contributed by atoms with Crippen molar-refractivity contribution in [3.63, 3.8) is 0 Å². The Hall–Kier alpha value is -1.35. The zero-order valence-corrected chi connectivity index (χ0v) is 12.1. The largest absolute Gasteiger partial charge is 0.331 e. The van der Waals surface area contributed by atoms with Crippen molar-refractivity contribution >= 4 is 11.0 Å². The Balaban J connectivity index is 1.90. The zero-order chi connectivity index (χ0) is 13.4. The summed E-state index contributed by atoms with van der Waals surface area (Å²) in [5.41, 5.74) is 3.72. The second-order valence-corrected chi connectivity index (χ2v) is 6.02. The Labute approximate surface area is 115 Å². The van der Waals surface area contributed by atoms with Crippen molar-refractivity contribution in [1.82, 2.24) is 14.9 Å².